The van der Waals surface area contributed by atoms with Gasteiger partial charge in [0.1, 0.15) is 11.6 Å². The minimum atomic E-state index is -0.667. The first-order valence-corrected chi connectivity index (χ1v) is 12.9. The van der Waals surface area contributed by atoms with Gasteiger partial charge in [0.15, 0.2) is 0 Å². The van der Waals surface area contributed by atoms with E-state index in [1.165, 1.54) is 11.1 Å². The first kappa shape index (κ1) is 23.6. The molecule has 190 valence electrons. The van der Waals surface area contributed by atoms with Crippen LogP contribution in [0.2, 0.25) is 0 Å². The first-order chi connectivity index (χ1) is 17.9. The van der Waals surface area contributed by atoms with Crippen molar-refractivity contribution < 1.29 is 19.2 Å². The molecule has 1 saturated heterocycles. The van der Waals surface area contributed by atoms with Crippen molar-refractivity contribution in [2.24, 2.45) is 5.92 Å². The summed E-state index contributed by atoms with van der Waals surface area (Å²) in [6.07, 6.45) is 6.13. The van der Waals surface area contributed by atoms with Crippen molar-refractivity contribution in [1.29, 1.82) is 5.26 Å². The number of carboxylic acid groups (broad SMARTS) is 1. The Morgan fingerprint density at radius 2 is 2.16 bits per heavy atom. The highest BCUT2D eigenvalue weighted by molar-refractivity contribution is 5.71. The molecule has 1 unspecified atom stereocenters. The van der Waals surface area contributed by atoms with Gasteiger partial charge >= 0.3 is 5.97 Å². The second kappa shape index (κ2) is 8.96. The van der Waals surface area contributed by atoms with E-state index in [9.17, 15) is 15.2 Å². The zero-order valence-corrected chi connectivity index (χ0v) is 21.0. The summed E-state index contributed by atoms with van der Waals surface area (Å²) in [6, 6.07) is 10.5. The number of pyridine rings is 1. The van der Waals surface area contributed by atoms with Crippen LogP contribution in [0.25, 0.3) is 22.8 Å². The Labute approximate surface area is 215 Å². The van der Waals surface area contributed by atoms with E-state index >= 15 is 0 Å². The van der Waals surface area contributed by atoms with Gasteiger partial charge in [0, 0.05) is 29.8 Å². The molecule has 0 amide bonds. The minimum Gasteiger partial charge on any atom is -0.481 e. The number of rotatable bonds is 6. The Morgan fingerprint density at radius 3 is 2.92 bits per heavy atom. The van der Waals surface area contributed by atoms with Crippen LogP contribution >= 0.6 is 0 Å². The molecule has 1 aromatic carbocycles. The Morgan fingerprint density at radius 1 is 1.32 bits per heavy atom. The van der Waals surface area contributed by atoms with Crippen molar-refractivity contribution in [2.75, 3.05) is 13.1 Å². The van der Waals surface area contributed by atoms with Gasteiger partial charge < -0.3 is 14.4 Å². The lowest BCUT2D eigenvalue weighted by Crippen LogP contribution is -2.47. The Balaban J connectivity index is 1.24. The van der Waals surface area contributed by atoms with Crippen LogP contribution in [0.5, 0.6) is 5.88 Å². The molecule has 2 aromatic heterocycles. The maximum Gasteiger partial charge on any atom is 0.306 e. The van der Waals surface area contributed by atoms with E-state index < -0.39 is 5.97 Å². The number of nitriles is 1. The summed E-state index contributed by atoms with van der Waals surface area (Å²) >= 11 is 0. The zero-order chi connectivity index (χ0) is 25.7. The standard InChI is InChI=1S/C28H29N5O4/c1-16(2)36-25-18(13-29)10-19(14-30-25)26-31-24(32-37-26)22-4-3-5-23-21(22)6-7-28(23)8-9-33(15-28)20-11-17(12-20)27(34)35/h3-5,10,14,16-17,20H,6-9,11-12,15H2,1-2H3,(H,34,35). The van der Waals surface area contributed by atoms with E-state index in [0.717, 1.165) is 50.8 Å². The first-order valence-electron chi connectivity index (χ1n) is 12.9. The quantitative estimate of drug-likeness (QED) is 0.531. The third kappa shape index (κ3) is 4.05. The van der Waals surface area contributed by atoms with Crippen LogP contribution in [0.1, 0.15) is 56.2 Å². The number of ether oxygens (including phenoxy) is 1. The lowest BCUT2D eigenvalue weighted by atomic mass is 9.78. The third-order valence-electron chi connectivity index (χ3n) is 8.20. The summed E-state index contributed by atoms with van der Waals surface area (Å²) < 4.78 is 11.2. The summed E-state index contributed by atoms with van der Waals surface area (Å²) in [5, 5.41) is 23.1. The van der Waals surface area contributed by atoms with E-state index in [1.807, 2.05) is 19.9 Å². The van der Waals surface area contributed by atoms with Gasteiger partial charge in [-0.3, -0.25) is 9.69 Å². The van der Waals surface area contributed by atoms with E-state index in [-0.39, 0.29) is 23.3 Å². The van der Waals surface area contributed by atoms with Gasteiger partial charge in [-0.1, -0.05) is 23.4 Å². The van der Waals surface area contributed by atoms with Gasteiger partial charge in [0.05, 0.1) is 17.6 Å². The SMILES string of the molecule is CC(C)Oc1ncc(-c2nc(-c3cccc4c3CCC43CCN(C4CC(C(=O)O)C4)C3)no2)cc1C#N. The van der Waals surface area contributed by atoms with Crippen molar-refractivity contribution in [2.45, 2.75) is 63.5 Å². The molecule has 37 heavy (non-hydrogen) atoms. The summed E-state index contributed by atoms with van der Waals surface area (Å²) in [5.74, 6) is 0.279. The molecule has 6 rings (SSSR count). The van der Waals surface area contributed by atoms with Crippen LogP contribution in [0.15, 0.2) is 35.0 Å². The average molecular weight is 500 g/mol. The normalized spacial score (nSPS) is 24.7. The van der Waals surface area contributed by atoms with E-state index in [4.69, 9.17) is 9.26 Å². The molecule has 9 nitrogen and oxygen atoms in total. The molecule has 0 radical (unpaired) electrons. The Kier molecular flexibility index (Phi) is 5.72. The topological polar surface area (TPSA) is 125 Å². The molecule has 2 fully saturated rings. The number of carboxylic acids is 1. The molecule has 3 aliphatic rings. The Bertz CT molecular complexity index is 1400. The zero-order valence-electron chi connectivity index (χ0n) is 21.0. The molecule has 1 atom stereocenters. The number of aliphatic carboxylic acids is 1. The largest absolute Gasteiger partial charge is 0.481 e. The van der Waals surface area contributed by atoms with Crippen molar-refractivity contribution in [3.05, 3.63) is 47.2 Å². The molecular weight excluding hydrogens is 470 g/mol. The number of benzene rings is 1. The number of nitrogens with zero attached hydrogens (tertiary/aromatic N) is 5. The van der Waals surface area contributed by atoms with Crippen LogP contribution in [0, 0.1) is 17.2 Å². The summed E-state index contributed by atoms with van der Waals surface area (Å²) in [4.78, 5) is 22.7. The van der Waals surface area contributed by atoms with Crippen LogP contribution in [0.3, 0.4) is 0 Å². The molecule has 1 aliphatic heterocycles. The smallest absolute Gasteiger partial charge is 0.306 e. The summed E-state index contributed by atoms with van der Waals surface area (Å²) in [7, 11) is 0. The number of likely N-dealkylation sites (tertiary alicyclic amines) is 1. The second-order valence-electron chi connectivity index (χ2n) is 10.8. The van der Waals surface area contributed by atoms with Gasteiger partial charge in [-0.05, 0) is 69.7 Å². The fourth-order valence-electron chi connectivity index (χ4n) is 6.21. The van der Waals surface area contributed by atoms with Crippen LogP contribution in [-0.2, 0) is 16.6 Å². The molecule has 9 heteroatoms. The number of hydrogen-bond donors (Lipinski definition) is 1. The van der Waals surface area contributed by atoms with Crippen molar-refractivity contribution >= 4 is 5.97 Å². The number of fused-ring (bicyclic) bond motifs is 2. The van der Waals surface area contributed by atoms with Gasteiger partial charge in [0.25, 0.3) is 5.89 Å². The van der Waals surface area contributed by atoms with Crippen molar-refractivity contribution in [3.63, 3.8) is 0 Å². The molecule has 1 spiro atoms. The maximum absolute atomic E-state index is 11.2. The van der Waals surface area contributed by atoms with Gasteiger partial charge in [-0.25, -0.2) is 4.98 Å². The van der Waals surface area contributed by atoms with Crippen LogP contribution < -0.4 is 4.74 Å². The molecule has 2 aliphatic carbocycles. The lowest BCUT2D eigenvalue weighted by molar-refractivity contribution is -0.146. The molecular formula is C28H29N5O4. The third-order valence-corrected chi connectivity index (χ3v) is 8.20. The Hall–Kier alpha value is -3.77. The lowest BCUT2D eigenvalue weighted by Gasteiger charge is -2.40. The van der Waals surface area contributed by atoms with Gasteiger partial charge in [0.2, 0.25) is 11.7 Å². The van der Waals surface area contributed by atoms with E-state index in [0.29, 0.717) is 28.9 Å². The number of carbonyl (C=O) groups is 1. The summed E-state index contributed by atoms with van der Waals surface area (Å²) in [6.45, 7) is 5.76. The predicted molar refractivity (Wildman–Crippen MR) is 134 cm³/mol. The fourth-order valence-corrected chi connectivity index (χ4v) is 6.21. The molecule has 1 N–H and O–H groups in total. The second-order valence-corrected chi connectivity index (χ2v) is 10.8. The highest BCUT2D eigenvalue weighted by Gasteiger charge is 2.49. The average Bonchev–Trinajstić information content (AvgIpc) is 3.58. The monoisotopic (exact) mass is 499 g/mol. The molecule has 3 aromatic rings. The number of aromatic nitrogens is 3. The van der Waals surface area contributed by atoms with Crippen LogP contribution in [0.4, 0.5) is 0 Å². The molecule has 3 heterocycles. The highest BCUT2D eigenvalue weighted by atomic mass is 16.5. The van der Waals surface area contributed by atoms with E-state index in [1.54, 1.807) is 12.3 Å². The predicted octanol–water partition coefficient (Wildman–Crippen LogP) is 4.21. The van der Waals surface area contributed by atoms with Crippen LogP contribution in [-0.4, -0.2) is 56.3 Å². The van der Waals surface area contributed by atoms with Crippen molar-refractivity contribution in [3.8, 4) is 34.8 Å². The fraction of sp³-hybridized carbons (Fsp3) is 0.464. The highest BCUT2D eigenvalue weighted by Crippen LogP contribution is 2.49. The summed E-state index contributed by atoms with van der Waals surface area (Å²) in [5.41, 5.74) is 4.60. The number of hydrogen-bond acceptors (Lipinski definition) is 8. The maximum atomic E-state index is 11.2. The van der Waals surface area contributed by atoms with Gasteiger partial charge in [-0.15, -0.1) is 0 Å². The minimum absolute atomic E-state index is 0.0914. The van der Waals surface area contributed by atoms with Gasteiger partial charge in [-0.2, -0.15) is 10.2 Å². The van der Waals surface area contributed by atoms with E-state index in [2.05, 4.69) is 38.2 Å². The molecule has 1 saturated carbocycles. The molecule has 0 bridgehead atoms. The van der Waals surface area contributed by atoms with Crippen molar-refractivity contribution in [1.82, 2.24) is 20.0 Å².